The van der Waals surface area contributed by atoms with E-state index in [1.54, 1.807) is 31.3 Å². The maximum Gasteiger partial charge on any atom is 0.322 e. The zero-order chi connectivity index (χ0) is 18.5. The standard InChI is InChI=1S/C14H23N3O5.C2H4/c1-15-10-2-4-11(5-3-10)16-14(22)17(12(6-18)7-19)13(8-20)9-21;1-2/h2-5,12-13,15,18-21H,6-9H2,1H3,(H,16,22);1-2H2. The Morgan fingerprint density at radius 1 is 0.958 bits per heavy atom. The van der Waals surface area contributed by atoms with Crippen molar-refractivity contribution in [2.75, 3.05) is 44.1 Å². The molecule has 1 rings (SSSR count). The summed E-state index contributed by atoms with van der Waals surface area (Å²) in [6.45, 7) is 4.05. The second-order valence-electron chi connectivity index (χ2n) is 4.70. The maximum absolute atomic E-state index is 12.3. The van der Waals surface area contributed by atoms with Crippen LogP contribution in [0.4, 0.5) is 16.2 Å². The number of carbonyl (C=O) groups excluding carboxylic acids is 1. The molecule has 0 fully saturated rings. The van der Waals surface area contributed by atoms with Gasteiger partial charge in [-0.25, -0.2) is 4.79 Å². The van der Waals surface area contributed by atoms with Gasteiger partial charge in [0.15, 0.2) is 0 Å². The van der Waals surface area contributed by atoms with Gasteiger partial charge < -0.3 is 36.0 Å². The first-order valence-corrected chi connectivity index (χ1v) is 7.41. The number of anilines is 2. The smallest absolute Gasteiger partial charge is 0.322 e. The van der Waals surface area contributed by atoms with Crippen LogP contribution in [0.1, 0.15) is 0 Å². The first-order valence-electron chi connectivity index (χ1n) is 7.41. The summed E-state index contributed by atoms with van der Waals surface area (Å²) in [5.74, 6) is 0. The molecule has 2 amide bonds. The van der Waals surface area contributed by atoms with Crippen molar-refractivity contribution < 1.29 is 25.2 Å². The summed E-state index contributed by atoms with van der Waals surface area (Å²) in [6.07, 6.45) is 0. The Kier molecular flexibility index (Phi) is 11.2. The van der Waals surface area contributed by atoms with Crippen LogP contribution in [0.15, 0.2) is 37.4 Å². The lowest BCUT2D eigenvalue weighted by Gasteiger charge is -2.34. The number of rotatable bonds is 8. The monoisotopic (exact) mass is 341 g/mol. The predicted octanol–water partition coefficient (Wildman–Crippen LogP) is 0.0708. The van der Waals surface area contributed by atoms with Crippen LogP contribution in [0.5, 0.6) is 0 Å². The highest BCUT2D eigenvalue weighted by Crippen LogP contribution is 2.15. The summed E-state index contributed by atoms with van der Waals surface area (Å²) >= 11 is 0. The third-order valence-electron chi connectivity index (χ3n) is 3.29. The van der Waals surface area contributed by atoms with E-state index in [1.807, 2.05) is 0 Å². The van der Waals surface area contributed by atoms with Gasteiger partial charge >= 0.3 is 6.03 Å². The molecule has 0 spiro atoms. The molecular weight excluding hydrogens is 314 g/mol. The van der Waals surface area contributed by atoms with Crippen molar-refractivity contribution in [3.8, 4) is 0 Å². The SMILES string of the molecule is C=C.CNc1ccc(NC(=O)N(C(CO)CO)C(CO)CO)cc1. The van der Waals surface area contributed by atoms with Gasteiger partial charge in [0.05, 0.1) is 38.5 Å². The highest BCUT2D eigenvalue weighted by molar-refractivity contribution is 5.90. The van der Waals surface area contributed by atoms with E-state index in [0.29, 0.717) is 5.69 Å². The lowest BCUT2D eigenvalue weighted by atomic mass is 10.2. The van der Waals surface area contributed by atoms with Gasteiger partial charge in [-0.2, -0.15) is 0 Å². The van der Waals surface area contributed by atoms with Crippen molar-refractivity contribution in [1.82, 2.24) is 4.90 Å². The average Bonchev–Trinajstić information content (AvgIpc) is 2.64. The summed E-state index contributed by atoms with van der Waals surface area (Å²) in [6, 6.07) is 4.44. The fraction of sp³-hybridized carbons (Fsp3) is 0.438. The van der Waals surface area contributed by atoms with Crippen LogP contribution >= 0.6 is 0 Å². The third kappa shape index (κ3) is 6.17. The van der Waals surface area contributed by atoms with Crippen LogP contribution in [-0.4, -0.2) is 76.9 Å². The molecule has 8 nitrogen and oxygen atoms in total. The number of hydrogen-bond acceptors (Lipinski definition) is 6. The largest absolute Gasteiger partial charge is 0.394 e. The Bertz CT molecular complexity index is 449. The van der Waals surface area contributed by atoms with Crippen LogP contribution in [0, 0.1) is 0 Å². The van der Waals surface area contributed by atoms with Crippen molar-refractivity contribution in [2.24, 2.45) is 0 Å². The Morgan fingerprint density at radius 2 is 1.33 bits per heavy atom. The van der Waals surface area contributed by atoms with Crippen molar-refractivity contribution in [1.29, 1.82) is 0 Å². The van der Waals surface area contributed by atoms with Crippen molar-refractivity contribution in [2.45, 2.75) is 12.1 Å². The van der Waals surface area contributed by atoms with Gasteiger partial charge in [0, 0.05) is 18.4 Å². The van der Waals surface area contributed by atoms with Crippen molar-refractivity contribution in [3.05, 3.63) is 37.4 Å². The highest BCUT2D eigenvalue weighted by atomic mass is 16.3. The van der Waals surface area contributed by atoms with Crippen molar-refractivity contribution in [3.63, 3.8) is 0 Å². The van der Waals surface area contributed by atoms with E-state index < -0.39 is 44.5 Å². The molecule has 1 aromatic carbocycles. The first kappa shape index (κ1) is 21.9. The quantitative estimate of drug-likeness (QED) is 0.372. The molecule has 0 bridgehead atoms. The van der Waals surface area contributed by atoms with E-state index in [1.165, 1.54) is 0 Å². The number of urea groups is 1. The fourth-order valence-electron chi connectivity index (χ4n) is 2.01. The molecule has 0 aliphatic carbocycles. The minimum absolute atomic E-state index is 0.487. The lowest BCUT2D eigenvalue weighted by molar-refractivity contribution is 0.0307. The molecule has 0 atom stereocenters. The van der Waals surface area contributed by atoms with E-state index in [0.717, 1.165) is 10.6 Å². The summed E-state index contributed by atoms with van der Waals surface area (Å²) in [5.41, 5.74) is 1.39. The predicted molar refractivity (Wildman–Crippen MR) is 94.0 cm³/mol. The van der Waals surface area contributed by atoms with E-state index in [2.05, 4.69) is 23.8 Å². The van der Waals surface area contributed by atoms with Crippen LogP contribution < -0.4 is 10.6 Å². The van der Waals surface area contributed by atoms with Gasteiger partial charge in [-0.3, -0.25) is 0 Å². The minimum atomic E-state index is -0.916. The zero-order valence-corrected chi connectivity index (χ0v) is 13.9. The Labute approximate surface area is 142 Å². The fourth-order valence-corrected chi connectivity index (χ4v) is 2.01. The Hall–Kier alpha value is -2.13. The van der Waals surface area contributed by atoms with Crippen LogP contribution in [0.2, 0.25) is 0 Å². The van der Waals surface area contributed by atoms with Gasteiger partial charge in [-0.1, -0.05) is 0 Å². The Balaban J connectivity index is 0.00000254. The zero-order valence-electron chi connectivity index (χ0n) is 13.9. The molecule has 1 aromatic rings. The molecule has 6 N–H and O–H groups in total. The molecule has 8 heteroatoms. The minimum Gasteiger partial charge on any atom is -0.394 e. The molecule has 0 heterocycles. The van der Waals surface area contributed by atoms with Crippen molar-refractivity contribution >= 4 is 17.4 Å². The highest BCUT2D eigenvalue weighted by Gasteiger charge is 2.29. The van der Waals surface area contributed by atoms with Gasteiger partial charge in [-0.05, 0) is 24.3 Å². The maximum atomic E-state index is 12.3. The van der Waals surface area contributed by atoms with E-state index in [4.69, 9.17) is 0 Å². The third-order valence-corrected chi connectivity index (χ3v) is 3.29. The second kappa shape index (κ2) is 12.3. The number of aliphatic hydroxyl groups excluding tert-OH is 4. The molecule has 0 saturated heterocycles. The summed E-state index contributed by atoms with van der Waals surface area (Å²) < 4.78 is 0. The number of aliphatic hydroxyl groups is 4. The van der Waals surface area contributed by atoms with E-state index in [-0.39, 0.29) is 0 Å². The van der Waals surface area contributed by atoms with Gasteiger partial charge in [-0.15, -0.1) is 13.2 Å². The number of nitrogens with zero attached hydrogens (tertiary/aromatic N) is 1. The number of amides is 2. The average molecular weight is 341 g/mol. The Morgan fingerprint density at radius 3 is 1.67 bits per heavy atom. The molecular formula is C16H27N3O5. The normalized spacial score (nSPS) is 10.1. The second-order valence-corrected chi connectivity index (χ2v) is 4.70. The van der Waals surface area contributed by atoms with Gasteiger partial charge in [0.2, 0.25) is 0 Å². The topological polar surface area (TPSA) is 125 Å². The number of nitrogens with one attached hydrogen (secondary N) is 2. The number of benzene rings is 1. The summed E-state index contributed by atoms with van der Waals surface area (Å²) in [7, 11) is 1.77. The molecule has 0 radical (unpaired) electrons. The lowest BCUT2D eigenvalue weighted by Crippen LogP contribution is -2.54. The molecule has 0 unspecified atom stereocenters. The number of hydrogen-bond donors (Lipinski definition) is 6. The van der Waals surface area contributed by atoms with Crippen LogP contribution in [0.3, 0.4) is 0 Å². The molecule has 0 aliphatic rings. The molecule has 0 aromatic heterocycles. The molecule has 24 heavy (non-hydrogen) atoms. The van der Waals surface area contributed by atoms with Crippen LogP contribution in [-0.2, 0) is 0 Å². The first-order chi connectivity index (χ1) is 11.6. The molecule has 0 saturated carbocycles. The van der Waals surface area contributed by atoms with Crippen LogP contribution in [0.25, 0.3) is 0 Å². The van der Waals surface area contributed by atoms with E-state index in [9.17, 15) is 25.2 Å². The number of carbonyl (C=O) groups is 1. The summed E-state index contributed by atoms with van der Waals surface area (Å²) in [5, 5.41) is 42.6. The molecule has 136 valence electrons. The summed E-state index contributed by atoms with van der Waals surface area (Å²) in [4.78, 5) is 13.4. The van der Waals surface area contributed by atoms with Gasteiger partial charge in [0.1, 0.15) is 0 Å². The molecule has 0 aliphatic heterocycles. The van der Waals surface area contributed by atoms with E-state index >= 15 is 0 Å². The van der Waals surface area contributed by atoms with Gasteiger partial charge in [0.25, 0.3) is 0 Å².